The molecule has 0 saturated carbocycles. The number of carbonyl (C=O) groups excluding carboxylic acids is 3. The Morgan fingerprint density at radius 1 is 0.809 bits per heavy atom. The van der Waals surface area contributed by atoms with Gasteiger partial charge < -0.3 is 25.4 Å². The van der Waals surface area contributed by atoms with Crippen LogP contribution in [0.2, 0.25) is 5.02 Å². The standard InChI is InChI=1S/C36H30ClN3O5S2/c1-44-31-22-32(45-2)29(21-28(31)37)39-36(43)33(23-11-5-3-6-12-23)47-27-16-9-15-25(19-27)38-35(42)30(20-26-17-10-18-46-26)40-34(41)24-13-7-4-8-14-24/h3-22,33H,1-2H3,(H,38,42)(H,39,43)(H,40,41)/b30-20-. The Bertz CT molecular complexity index is 1880. The summed E-state index contributed by atoms with van der Waals surface area (Å²) in [6.07, 6.45) is 1.63. The number of rotatable bonds is 12. The maximum Gasteiger partial charge on any atom is 0.272 e. The molecule has 238 valence electrons. The molecule has 0 saturated heterocycles. The molecule has 3 amide bonds. The van der Waals surface area contributed by atoms with Gasteiger partial charge in [-0.3, -0.25) is 14.4 Å². The van der Waals surface area contributed by atoms with Crippen LogP contribution in [0.5, 0.6) is 11.5 Å². The van der Waals surface area contributed by atoms with Gasteiger partial charge in [0, 0.05) is 27.1 Å². The summed E-state index contributed by atoms with van der Waals surface area (Å²) in [6.45, 7) is 0. The topological polar surface area (TPSA) is 106 Å². The average Bonchev–Trinajstić information content (AvgIpc) is 3.61. The maximum atomic E-state index is 13.8. The summed E-state index contributed by atoms with van der Waals surface area (Å²) >= 11 is 9.10. The van der Waals surface area contributed by atoms with Crippen LogP contribution in [0.4, 0.5) is 11.4 Å². The molecule has 5 rings (SSSR count). The number of anilines is 2. The third-order valence-electron chi connectivity index (χ3n) is 6.78. The smallest absolute Gasteiger partial charge is 0.272 e. The van der Waals surface area contributed by atoms with Crippen molar-refractivity contribution >= 4 is 69.9 Å². The monoisotopic (exact) mass is 683 g/mol. The van der Waals surface area contributed by atoms with E-state index in [1.807, 2.05) is 60.0 Å². The molecule has 0 aliphatic carbocycles. The summed E-state index contributed by atoms with van der Waals surface area (Å²) in [5, 5.41) is 10.1. The van der Waals surface area contributed by atoms with Crippen molar-refractivity contribution in [2.75, 3.05) is 24.9 Å². The summed E-state index contributed by atoms with van der Waals surface area (Å²) in [7, 11) is 2.99. The molecule has 0 bridgehead atoms. The number of nitrogens with one attached hydrogen (secondary N) is 3. The van der Waals surface area contributed by atoms with Crippen molar-refractivity contribution in [3.8, 4) is 11.5 Å². The van der Waals surface area contributed by atoms with E-state index in [1.165, 1.54) is 37.3 Å². The van der Waals surface area contributed by atoms with Crippen molar-refractivity contribution in [2.24, 2.45) is 0 Å². The van der Waals surface area contributed by atoms with Crippen molar-refractivity contribution in [3.05, 3.63) is 141 Å². The van der Waals surface area contributed by atoms with Crippen molar-refractivity contribution in [1.82, 2.24) is 5.32 Å². The summed E-state index contributed by atoms with van der Waals surface area (Å²) < 4.78 is 10.8. The van der Waals surface area contributed by atoms with Crippen molar-refractivity contribution < 1.29 is 23.9 Å². The number of thioether (sulfide) groups is 1. The second-order valence-electron chi connectivity index (χ2n) is 9.96. The highest BCUT2D eigenvalue weighted by atomic mass is 35.5. The van der Waals surface area contributed by atoms with Crippen LogP contribution >= 0.6 is 34.7 Å². The molecule has 5 aromatic rings. The lowest BCUT2D eigenvalue weighted by Crippen LogP contribution is -2.30. The van der Waals surface area contributed by atoms with Crippen LogP contribution in [0.25, 0.3) is 6.08 Å². The number of halogens is 1. The van der Waals surface area contributed by atoms with E-state index in [9.17, 15) is 14.4 Å². The summed E-state index contributed by atoms with van der Waals surface area (Å²) in [5.74, 6) is -0.390. The Morgan fingerprint density at radius 2 is 1.53 bits per heavy atom. The lowest BCUT2D eigenvalue weighted by atomic mass is 10.1. The average molecular weight is 684 g/mol. The summed E-state index contributed by atoms with van der Waals surface area (Å²) in [5.41, 5.74) is 2.17. The molecule has 1 aromatic heterocycles. The van der Waals surface area contributed by atoms with Crippen molar-refractivity contribution in [3.63, 3.8) is 0 Å². The van der Waals surface area contributed by atoms with E-state index in [2.05, 4.69) is 16.0 Å². The van der Waals surface area contributed by atoms with Gasteiger partial charge in [0.25, 0.3) is 11.8 Å². The maximum absolute atomic E-state index is 13.8. The first-order valence-corrected chi connectivity index (χ1v) is 16.5. The van der Waals surface area contributed by atoms with Crippen LogP contribution in [-0.2, 0) is 9.59 Å². The minimum absolute atomic E-state index is 0.0907. The number of hydrogen-bond acceptors (Lipinski definition) is 7. The molecule has 8 nitrogen and oxygen atoms in total. The molecule has 0 aliphatic heterocycles. The molecule has 0 spiro atoms. The molecular formula is C36H30ClN3O5S2. The third kappa shape index (κ3) is 8.82. The Kier molecular flexibility index (Phi) is 11.3. The molecule has 11 heteroatoms. The van der Waals surface area contributed by atoms with Gasteiger partial charge in [0.05, 0.1) is 24.9 Å². The van der Waals surface area contributed by atoms with Gasteiger partial charge in [-0.2, -0.15) is 0 Å². The van der Waals surface area contributed by atoms with Crippen LogP contribution < -0.4 is 25.4 Å². The largest absolute Gasteiger partial charge is 0.495 e. The minimum atomic E-state index is -0.674. The fourth-order valence-electron chi connectivity index (χ4n) is 4.50. The van der Waals surface area contributed by atoms with Gasteiger partial charge in [0.2, 0.25) is 5.91 Å². The SMILES string of the molecule is COc1cc(OC)c(NC(=O)C(Sc2cccc(NC(=O)/C(=C/c3cccs3)NC(=O)c3ccccc3)c2)c2ccccc2)cc1Cl. The number of ether oxygens (including phenoxy) is 2. The van der Waals surface area contributed by atoms with Crippen molar-refractivity contribution in [1.29, 1.82) is 0 Å². The molecule has 4 aromatic carbocycles. The third-order valence-corrected chi connectivity index (χ3v) is 9.14. The molecule has 47 heavy (non-hydrogen) atoms. The summed E-state index contributed by atoms with van der Waals surface area (Å²) in [6, 6.07) is 32.1. The van der Waals surface area contributed by atoms with Gasteiger partial charge >= 0.3 is 0 Å². The van der Waals surface area contributed by atoms with Crippen LogP contribution in [0.1, 0.15) is 26.0 Å². The lowest BCUT2D eigenvalue weighted by molar-refractivity contribution is -0.116. The second kappa shape index (κ2) is 16.0. The fourth-order valence-corrected chi connectivity index (χ4v) is 6.48. The number of methoxy groups -OCH3 is 2. The molecule has 3 N–H and O–H groups in total. The fraction of sp³-hybridized carbons (Fsp3) is 0.0833. The van der Waals surface area contributed by atoms with E-state index in [1.54, 1.807) is 60.7 Å². The number of carbonyl (C=O) groups is 3. The highest BCUT2D eigenvalue weighted by Crippen LogP contribution is 2.40. The van der Waals surface area contributed by atoms with E-state index in [0.29, 0.717) is 33.5 Å². The minimum Gasteiger partial charge on any atom is -0.495 e. The Hall–Kier alpha value is -5.03. The van der Waals surface area contributed by atoms with Gasteiger partial charge in [-0.05, 0) is 59.5 Å². The second-order valence-corrected chi connectivity index (χ2v) is 12.5. The molecule has 1 atom stereocenters. The molecule has 0 fully saturated rings. The Morgan fingerprint density at radius 3 is 2.21 bits per heavy atom. The number of thiophene rings is 1. The molecule has 1 heterocycles. The highest BCUT2D eigenvalue weighted by Gasteiger charge is 2.24. The van der Waals surface area contributed by atoms with Gasteiger partial charge in [-0.15, -0.1) is 23.1 Å². The predicted octanol–water partition coefficient (Wildman–Crippen LogP) is 8.30. The number of hydrogen-bond donors (Lipinski definition) is 3. The van der Waals surface area contributed by atoms with Crippen LogP contribution in [0.15, 0.2) is 125 Å². The predicted molar refractivity (Wildman–Crippen MR) is 190 cm³/mol. The van der Waals surface area contributed by atoms with Crippen LogP contribution in [0, 0.1) is 0 Å². The van der Waals surface area contributed by atoms with E-state index < -0.39 is 17.1 Å². The van der Waals surface area contributed by atoms with Gasteiger partial charge in [-0.25, -0.2) is 0 Å². The quantitative estimate of drug-likeness (QED) is 0.0903. The van der Waals surface area contributed by atoms with Crippen LogP contribution in [-0.4, -0.2) is 31.9 Å². The van der Waals surface area contributed by atoms with Crippen LogP contribution in [0.3, 0.4) is 0 Å². The first-order valence-electron chi connectivity index (χ1n) is 14.3. The zero-order valence-corrected chi connectivity index (χ0v) is 27.7. The van der Waals surface area contributed by atoms with E-state index in [-0.39, 0.29) is 11.6 Å². The van der Waals surface area contributed by atoms with Gasteiger partial charge in [-0.1, -0.05) is 72.3 Å². The first-order chi connectivity index (χ1) is 22.8. The molecular weight excluding hydrogens is 654 g/mol. The molecule has 1 unspecified atom stereocenters. The summed E-state index contributed by atoms with van der Waals surface area (Å²) in [4.78, 5) is 41.8. The van der Waals surface area contributed by atoms with Gasteiger partial charge in [0.1, 0.15) is 22.4 Å². The Labute approximate surface area is 285 Å². The zero-order valence-electron chi connectivity index (χ0n) is 25.4. The highest BCUT2D eigenvalue weighted by molar-refractivity contribution is 8.00. The molecule has 0 aliphatic rings. The lowest BCUT2D eigenvalue weighted by Gasteiger charge is -2.19. The van der Waals surface area contributed by atoms with Gasteiger partial charge in [0.15, 0.2) is 0 Å². The van der Waals surface area contributed by atoms with E-state index in [0.717, 1.165) is 15.3 Å². The normalized spacial score (nSPS) is 11.7. The first kappa shape index (κ1) is 33.3. The van der Waals surface area contributed by atoms with Crippen molar-refractivity contribution in [2.45, 2.75) is 10.1 Å². The zero-order chi connectivity index (χ0) is 33.2. The molecule has 0 radical (unpaired) electrons. The number of amides is 3. The van der Waals surface area contributed by atoms with E-state index >= 15 is 0 Å². The Balaban J connectivity index is 1.37. The number of benzene rings is 4. The van der Waals surface area contributed by atoms with E-state index in [4.69, 9.17) is 21.1 Å².